The number of rotatable bonds is 9. The number of carboxylic acids is 1. The third kappa shape index (κ3) is 5.21. The number of halogens is 1. The van der Waals surface area contributed by atoms with Crippen molar-refractivity contribution >= 4 is 21.9 Å². The molecular formula is C15H22BrNO4. The van der Waals surface area contributed by atoms with Crippen molar-refractivity contribution in [1.82, 2.24) is 5.32 Å². The molecule has 0 unspecified atom stereocenters. The van der Waals surface area contributed by atoms with E-state index in [1.54, 1.807) is 14.2 Å². The van der Waals surface area contributed by atoms with E-state index < -0.39 is 12.0 Å². The smallest absolute Gasteiger partial charge is 0.320 e. The Bertz CT molecular complexity index is 479. The molecule has 1 aromatic carbocycles. The molecule has 5 nitrogen and oxygen atoms in total. The maximum Gasteiger partial charge on any atom is 0.320 e. The molecule has 118 valence electrons. The molecule has 0 heterocycles. The zero-order chi connectivity index (χ0) is 15.8. The van der Waals surface area contributed by atoms with Gasteiger partial charge in [0.25, 0.3) is 0 Å². The highest BCUT2D eigenvalue weighted by atomic mass is 79.9. The van der Waals surface area contributed by atoms with Gasteiger partial charge in [-0.3, -0.25) is 4.79 Å². The van der Waals surface area contributed by atoms with Gasteiger partial charge in [-0.1, -0.05) is 35.7 Å². The van der Waals surface area contributed by atoms with E-state index in [0.29, 0.717) is 24.5 Å². The van der Waals surface area contributed by atoms with Crippen LogP contribution in [-0.4, -0.2) is 31.3 Å². The van der Waals surface area contributed by atoms with Gasteiger partial charge >= 0.3 is 5.97 Å². The summed E-state index contributed by atoms with van der Waals surface area (Å²) in [6.45, 7) is 2.49. The number of hydrogen-bond donors (Lipinski definition) is 2. The molecule has 0 aliphatic heterocycles. The first-order valence-electron chi connectivity index (χ1n) is 6.90. The van der Waals surface area contributed by atoms with E-state index in [-0.39, 0.29) is 0 Å². The second-order valence-corrected chi connectivity index (χ2v) is 5.57. The zero-order valence-corrected chi connectivity index (χ0v) is 14.2. The van der Waals surface area contributed by atoms with Gasteiger partial charge in [-0.25, -0.2) is 0 Å². The summed E-state index contributed by atoms with van der Waals surface area (Å²) in [5.41, 5.74) is 0.926. The standard InChI is InChI=1S/C15H22BrNO4/c1-4-5-6-12(15(18)19)17-9-10-7-13(20-2)14(21-3)8-11(10)16/h7-8,12,17H,4-6,9H2,1-3H3,(H,18,19)/t12-/m0/s1. The van der Waals surface area contributed by atoms with Gasteiger partial charge in [0.15, 0.2) is 11.5 Å². The van der Waals surface area contributed by atoms with Crippen molar-refractivity contribution in [3.05, 3.63) is 22.2 Å². The van der Waals surface area contributed by atoms with Crippen LogP contribution in [0.5, 0.6) is 11.5 Å². The van der Waals surface area contributed by atoms with Crippen molar-refractivity contribution in [3.63, 3.8) is 0 Å². The van der Waals surface area contributed by atoms with Crippen molar-refractivity contribution in [2.75, 3.05) is 14.2 Å². The number of aliphatic carboxylic acids is 1. The van der Waals surface area contributed by atoms with Gasteiger partial charge in [-0.2, -0.15) is 0 Å². The summed E-state index contributed by atoms with van der Waals surface area (Å²) in [5, 5.41) is 12.3. The van der Waals surface area contributed by atoms with E-state index in [4.69, 9.17) is 9.47 Å². The largest absolute Gasteiger partial charge is 0.493 e. The number of carboxylic acid groups (broad SMARTS) is 1. The molecule has 0 saturated heterocycles. The summed E-state index contributed by atoms with van der Waals surface area (Å²) in [4.78, 5) is 11.2. The van der Waals surface area contributed by atoms with Crippen LogP contribution in [0.25, 0.3) is 0 Å². The van der Waals surface area contributed by atoms with E-state index in [1.165, 1.54) is 0 Å². The van der Waals surface area contributed by atoms with Crippen molar-refractivity contribution in [2.45, 2.75) is 38.8 Å². The Labute approximate surface area is 133 Å². The quantitative estimate of drug-likeness (QED) is 0.708. The first-order valence-corrected chi connectivity index (χ1v) is 7.69. The molecule has 1 atom stereocenters. The van der Waals surface area contributed by atoms with E-state index in [9.17, 15) is 9.90 Å². The third-order valence-corrected chi connectivity index (χ3v) is 3.97. The summed E-state index contributed by atoms with van der Waals surface area (Å²) in [5.74, 6) is 0.437. The lowest BCUT2D eigenvalue weighted by Crippen LogP contribution is -2.36. The van der Waals surface area contributed by atoms with Crippen LogP contribution in [-0.2, 0) is 11.3 Å². The minimum Gasteiger partial charge on any atom is -0.493 e. The molecule has 0 aliphatic rings. The van der Waals surface area contributed by atoms with Crippen LogP contribution in [0.15, 0.2) is 16.6 Å². The Morgan fingerprint density at radius 2 is 1.95 bits per heavy atom. The van der Waals surface area contributed by atoms with Gasteiger partial charge in [-0.15, -0.1) is 0 Å². The molecule has 21 heavy (non-hydrogen) atoms. The van der Waals surface area contributed by atoms with Crippen LogP contribution >= 0.6 is 15.9 Å². The molecule has 2 N–H and O–H groups in total. The zero-order valence-electron chi connectivity index (χ0n) is 12.6. The lowest BCUT2D eigenvalue weighted by molar-refractivity contribution is -0.139. The first kappa shape index (κ1) is 17.8. The van der Waals surface area contributed by atoms with Gasteiger partial charge in [0.1, 0.15) is 6.04 Å². The summed E-state index contributed by atoms with van der Waals surface area (Å²) < 4.78 is 11.3. The van der Waals surface area contributed by atoms with Crippen LogP contribution in [0, 0.1) is 0 Å². The number of methoxy groups -OCH3 is 2. The average Bonchev–Trinajstić information content (AvgIpc) is 2.47. The molecule has 0 spiro atoms. The molecule has 1 aromatic rings. The van der Waals surface area contributed by atoms with Gasteiger partial charge < -0.3 is 19.9 Å². The molecule has 0 radical (unpaired) electrons. The molecule has 6 heteroatoms. The lowest BCUT2D eigenvalue weighted by Gasteiger charge is -2.16. The number of carbonyl (C=O) groups is 1. The van der Waals surface area contributed by atoms with Crippen LogP contribution in [0.2, 0.25) is 0 Å². The van der Waals surface area contributed by atoms with Crippen molar-refractivity contribution in [1.29, 1.82) is 0 Å². The fourth-order valence-corrected chi connectivity index (χ4v) is 2.45. The third-order valence-electron chi connectivity index (χ3n) is 3.24. The number of unbranched alkanes of at least 4 members (excludes halogenated alkanes) is 1. The van der Waals surface area contributed by atoms with E-state index in [1.807, 2.05) is 19.1 Å². The lowest BCUT2D eigenvalue weighted by atomic mass is 10.1. The topological polar surface area (TPSA) is 67.8 Å². The van der Waals surface area contributed by atoms with E-state index in [2.05, 4.69) is 21.2 Å². The highest BCUT2D eigenvalue weighted by Gasteiger charge is 2.17. The second-order valence-electron chi connectivity index (χ2n) is 4.71. The van der Waals surface area contributed by atoms with Crippen molar-refractivity contribution in [2.24, 2.45) is 0 Å². The Morgan fingerprint density at radius 1 is 1.33 bits per heavy atom. The number of benzene rings is 1. The second kappa shape index (κ2) is 8.89. The Balaban J connectivity index is 2.79. The summed E-state index contributed by atoms with van der Waals surface area (Å²) in [7, 11) is 3.15. The Kier molecular flexibility index (Phi) is 7.53. The minimum atomic E-state index is -0.819. The highest BCUT2D eigenvalue weighted by Crippen LogP contribution is 2.33. The molecular weight excluding hydrogens is 338 g/mol. The number of ether oxygens (including phenoxy) is 2. The summed E-state index contributed by atoms with van der Waals surface area (Å²) >= 11 is 3.47. The molecule has 0 bridgehead atoms. The molecule has 0 fully saturated rings. The predicted molar refractivity (Wildman–Crippen MR) is 85.0 cm³/mol. The summed E-state index contributed by atoms with van der Waals surface area (Å²) in [6, 6.07) is 3.12. The van der Waals surface area contributed by atoms with Crippen LogP contribution in [0.4, 0.5) is 0 Å². The fraction of sp³-hybridized carbons (Fsp3) is 0.533. The SMILES string of the molecule is CCCC[C@H](NCc1cc(OC)c(OC)cc1Br)C(=O)O. The Hall–Kier alpha value is -1.27. The summed E-state index contributed by atoms with van der Waals surface area (Å²) in [6.07, 6.45) is 2.49. The van der Waals surface area contributed by atoms with E-state index in [0.717, 1.165) is 22.9 Å². The van der Waals surface area contributed by atoms with Gasteiger partial charge in [-0.05, 0) is 24.1 Å². The van der Waals surface area contributed by atoms with Gasteiger partial charge in [0.05, 0.1) is 14.2 Å². The van der Waals surface area contributed by atoms with Crippen molar-refractivity contribution < 1.29 is 19.4 Å². The van der Waals surface area contributed by atoms with Crippen LogP contribution in [0.1, 0.15) is 31.7 Å². The van der Waals surface area contributed by atoms with Gasteiger partial charge in [0.2, 0.25) is 0 Å². The molecule has 0 saturated carbocycles. The Morgan fingerprint density at radius 3 is 2.48 bits per heavy atom. The van der Waals surface area contributed by atoms with Crippen LogP contribution in [0.3, 0.4) is 0 Å². The van der Waals surface area contributed by atoms with E-state index >= 15 is 0 Å². The molecule has 1 rings (SSSR count). The number of nitrogens with one attached hydrogen (secondary N) is 1. The minimum absolute atomic E-state index is 0.446. The normalized spacial score (nSPS) is 12.0. The first-order chi connectivity index (χ1) is 10.0. The number of hydrogen-bond acceptors (Lipinski definition) is 4. The maximum absolute atomic E-state index is 11.2. The molecule has 0 amide bonds. The van der Waals surface area contributed by atoms with Crippen LogP contribution < -0.4 is 14.8 Å². The molecule has 0 aliphatic carbocycles. The fourth-order valence-electron chi connectivity index (χ4n) is 1.99. The highest BCUT2D eigenvalue weighted by molar-refractivity contribution is 9.10. The van der Waals surface area contributed by atoms with Gasteiger partial charge in [0, 0.05) is 11.0 Å². The van der Waals surface area contributed by atoms with Crippen molar-refractivity contribution in [3.8, 4) is 11.5 Å². The predicted octanol–water partition coefficient (Wildman–Crippen LogP) is 3.20. The maximum atomic E-state index is 11.2. The average molecular weight is 360 g/mol. The monoisotopic (exact) mass is 359 g/mol. The molecule has 0 aromatic heterocycles.